The molecule has 162 valence electrons. The van der Waals surface area contributed by atoms with Crippen molar-refractivity contribution in [2.45, 2.75) is 24.9 Å². The molecule has 0 radical (unpaired) electrons. The first kappa shape index (κ1) is 22.4. The Hall–Kier alpha value is -3.31. The van der Waals surface area contributed by atoms with Crippen LogP contribution in [0.4, 0.5) is 0 Å². The molecule has 3 aromatic rings. The van der Waals surface area contributed by atoms with Gasteiger partial charge in [-0.25, -0.2) is 0 Å². The number of aryl methyl sites for hydroxylation is 1. The quantitative estimate of drug-likeness (QED) is 0.511. The number of carbonyl (C=O) groups is 1. The molecule has 2 N–H and O–H groups in total. The van der Waals surface area contributed by atoms with Crippen molar-refractivity contribution in [3.63, 3.8) is 0 Å². The van der Waals surface area contributed by atoms with Crippen LogP contribution in [0.5, 0.6) is 11.5 Å². The van der Waals surface area contributed by atoms with Crippen molar-refractivity contribution in [1.82, 2.24) is 10.6 Å². The fraction of sp³-hybridized carbons (Fsp3) is 0.269. The molecule has 1 unspecified atom stereocenters. The van der Waals surface area contributed by atoms with E-state index in [1.165, 1.54) is 5.56 Å². The minimum atomic E-state index is -0.472. The number of likely N-dealkylation sites (N-methyl/N-ethyl adjacent to an activating group) is 1. The van der Waals surface area contributed by atoms with Crippen molar-refractivity contribution >= 4 is 5.91 Å². The first-order valence-corrected chi connectivity index (χ1v) is 10.4. The monoisotopic (exact) mass is 418 g/mol. The highest BCUT2D eigenvalue weighted by Gasteiger charge is 2.24. The molecule has 31 heavy (non-hydrogen) atoms. The van der Waals surface area contributed by atoms with Crippen LogP contribution in [-0.4, -0.2) is 27.2 Å². The van der Waals surface area contributed by atoms with Gasteiger partial charge in [0, 0.05) is 13.1 Å². The summed E-state index contributed by atoms with van der Waals surface area (Å²) in [7, 11) is 4.92. The summed E-state index contributed by atoms with van der Waals surface area (Å²) in [6, 6.07) is 25.5. The molecule has 5 nitrogen and oxygen atoms in total. The van der Waals surface area contributed by atoms with E-state index in [2.05, 4.69) is 22.8 Å². The molecule has 0 saturated carbocycles. The van der Waals surface area contributed by atoms with E-state index in [9.17, 15) is 4.79 Å². The SMILES string of the molecule is CNC(=O)C(N[C@H](CCc1ccccc1)c1ccc(OC)c(OC)c1)c1ccccc1. The Labute approximate surface area is 184 Å². The lowest BCUT2D eigenvalue weighted by atomic mass is 9.96. The molecule has 1 amide bonds. The van der Waals surface area contributed by atoms with Crippen molar-refractivity contribution in [3.8, 4) is 11.5 Å². The summed E-state index contributed by atoms with van der Waals surface area (Å²) in [5, 5.41) is 6.38. The van der Waals surface area contributed by atoms with Crippen LogP contribution in [0.2, 0.25) is 0 Å². The Morgan fingerprint density at radius 1 is 0.839 bits per heavy atom. The maximum Gasteiger partial charge on any atom is 0.241 e. The van der Waals surface area contributed by atoms with Gasteiger partial charge in [0.15, 0.2) is 11.5 Å². The molecule has 0 heterocycles. The van der Waals surface area contributed by atoms with Crippen LogP contribution in [0.1, 0.15) is 35.2 Å². The Balaban J connectivity index is 1.93. The third-order valence-electron chi connectivity index (χ3n) is 5.38. The molecule has 0 saturated heterocycles. The van der Waals surface area contributed by atoms with Crippen LogP contribution in [0.15, 0.2) is 78.9 Å². The first-order valence-electron chi connectivity index (χ1n) is 10.4. The number of methoxy groups -OCH3 is 2. The van der Waals surface area contributed by atoms with Gasteiger partial charge in [-0.3, -0.25) is 10.1 Å². The number of carbonyl (C=O) groups excluding carboxylic acids is 1. The van der Waals surface area contributed by atoms with Crippen LogP contribution in [0.25, 0.3) is 0 Å². The molecule has 0 aromatic heterocycles. The van der Waals surface area contributed by atoms with Crippen molar-refractivity contribution in [3.05, 3.63) is 95.6 Å². The normalized spacial score (nSPS) is 12.6. The first-order chi connectivity index (χ1) is 15.2. The molecule has 3 aromatic carbocycles. The molecule has 2 atom stereocenters. The van der Waals surface area contributed by atoms with E-state index < -0.39 is 6.04 Å². The van der Waals surface area contributed by atoms with Crippen LogP contribution < -0.4 is 20.1 Å². The van der Waals surface area contributed by atoms with Gasteiger partial charge >= 0.3 is 0 Å². The second kappa shape index (κ2) is 11.2. The van der Waals surface area contributed by atoms with Crippen LogP contribution in [0.3, 0.4) is 0 Å². The zero-order chi connectivity index (χ0) is 22.1. The van der Waals surface area contributed by atoms with Crippen LogP contribution in [0, 0.1) is 0 Å². The molecule has 0 fully saturated rings. The van der Waals surface area contributed by atoms with Gasteiger partial charge in [0.05, 0.1) is 14.2 Å². The summed E-state index contributed by atoms with van der Waals surface area (Å²) in [4.78, 5) is 12.8. The van der Waals surface area contributed by atoms with Gasteiger partial charge in [0.1, 0.15) is 6.04 Å². The van der Waals surface area contributed by atoms with E-state index >= 15 is 0 Å². The van der Waals surface area contributed by atoms with E-state index in [-0.39, 0.29) is 11.9 Å². The highest BCUT2D eigenvalue weighted by atomic mass is 16.5. The summed E-state index contributed by atoms with van der Waals surface area (Å²) in [6.45, 7) is 0. The van der Waals surface area contributed by atoms with E-state index in [1.54, 1.807) is 21.3 Å². The Morgan fingerprint density at radius 3 is 2.10 bits per heavy atom. The molecule has 0 aliphatic rings. The summed E-state index contributed by atoms with van der Waals surface area (Å²) in [6.07, 6.45) is 1.70. The zero-order valence-electron chi connectivity index (χ0n) is 18.3. The highest BCUT2D eigenvalue weighted by molar-refractivity contribution is 5.83. The van der Waals surface area contributed by atoms with Gasteiger partial charge in [-0.15, -0.1) is 0 Å². The molecule has 0 aliphatic carbocycles. The van der Waals surface area contributed by atoms with Crippen molar-refractivity contribution in [2.75, 3.05) is 21.3 Å². The summed E-state index contributed by atoms with van der Waals surface area (Å²) in [5.74, 6) is 1.28. The largest absolute Gasteiger partial charge is 0.493 e. The summed E-state index contributed by atoms with van der Waals surface area (Å²) in [5.41, 5.74) is 3.22. The van der Waals surface area contributed by atoms with Crippen molar-refractivity contribution in [2.24, 2.45) is 0 Å². The minimum absolute atomic E-state index is 0.0671. The third-order valence-corrected chi connectivity index (χ3v) is 5.38. The van der Waals surface area contributed by atoms with Gasteiger partial charge in [-0.1, -0.05) is 66.7 Å². The Kier molecular flexibility index (Phi) is 8.07. The lowest BCUT2D eigenvalue weighted by Crippen LogP contribution is -2.38. The lowest BCUT2D eigenvalue weighted by molar-refractivity contribution is -0.123. The van der Waals surface area contributed by atoms with Gasteiger partial charge in [-0.05, 0) is 41.7 Å². The van der Waals surface area contributed by atoms with Crippen molar-refractivity contribution < 1.29 is 14.3 Å². The van der Waals surface area contributed by atoms with Crippen LogP contribution in [-0.2, 0) is 11.2 Å². The van der Waals surface area contributed by atoms with Crippen LogP contribution >= 0.6 is 0 Å². The standard InChI is InChI=1S/C26H30N2O3/c1-27-26(29)25(20-12-8-5-9-13-20)28-22(16-14-19-10-6-4-7-11-19)21-15-17-23(30-2)24(18-21)31-3/h4-13,15,17-18,22,25,28H,14,16H2,1-3H3,(H,27,29)/t22-,25?/m1/s1. The predicted octanol–water partition coefficient (Wildman–Crippen LogP) is 4.45. The number of nitrogens with one attached hydrogen (secondary N) is 2. The minimum Gasteiger partial charge on any atom is -0.493 e. The Bertz CT molecular complexity index is 961. The second-order valence-electron chi connectivity index (χ2n) is 7.32. The van der Waals surface area contributed by atoms with E-state index in [4.69, 9.17) is 9.47 Å². The van der Waals surface area contributed by atoms with Gasteiger partial charge < -0.3 is 14.8 Å². The average Bonchev–Trinajstić information content (AvgIpc) is 2.84. The molecule has 0 spiro atoms. The maximum absolute atomic E-state index is 12.8. The molecule has 0 aliphatic heterocycles. The number of rotatable bonds is 10. The summed E-state index contributed by atoms with van der Waals surface area (Å²) < 4.78 is 10.9. The molecule has 3 rings (SSSR count). The maximum atomic E-state index is 12.8. The Morgan fingerprint density at radius 2 is 1.48 bits per heavy atom. The average molecular weight is 419 g/mol. The van der Waals surface area contributed by atoms with E-state index in [0.29, 0.717) is 11.5 Å². The zero-order valence-corrected chi connectivity index (χ0v) is 18.3. The predicted molar refractivity (Wildman–Crippen MR) is 123 cm³/mol. The fourth-order valence-corrected chi connectivity index (χ4v) is 3.69. The second-order valence-corrected chi connectivity index (χ2v) is 7.32. The molecular weight excluding hydrogens is 388 g/mol. The van der Waals surface area contributed by atoms with Gasteiger partial charge in [0.2, 0.25) is 5.91 Å². The van der Waals surface area contributed by atoms with Crippen molar-refractivity contribution in [1.29, 1.82) is 0 Å². The lowest BCUT2D eigenvalue weighted by Gasteiger charge is -2.26. The number of hydrogen-bond donors (Lipinski definition) is 2. The molecule has 5 heteroatoms. The molecule has 0 bridgehead atoms. The van der Waals surface area contributed by atoms with Gasteiger partial charge in [-0.2, -0.15) is 0 Å². The highest BCUT2D eigenvalue weighted by Crippen LogP contribution is 2.32. The van der Waals surface area contributed by atoms with Gasteiger partial charge in [0.25, 0.3) is 0 Å². The topological polar surface area (TPSA) is 59.6 Å². The number of benzene rings is 3. The van der Waals surface area contributed by atoms with E-state index in [0.717, 1.165) is 24.0 Å². The summed E-state index contributed by atoms with van der Waals surface area (Å²) >= 11 is 0. The fourth-order valence-electron chi connectivity index (χ4n) is 3.69. The smallest absolute Gasteiger partial charge is 0.241 e. The number of hydrogen-bond acceptors (Lipinski definition) is 4. The number of ether oxygens (including phenoxy) is 2. The molecular formula is C26H30N2O3. The van der Waals surface area contributed by atoms with E-state index in [1.807, 2.05) is 66.7 Å². The third kappa shape index (κ3) is 5.86. The number of amides is 1.